The fourth-order valence-corrected chi connectivity index (χ4v) is 3.91. The van der Waals surface area contributed by atoms with Gasteiger partial charge in [0.2, 0.25) is 5.91 Å². The SMILES string of the molecule is O=C1CCC2(CCN(Cc3cccnc3)CC2)CN1CCCO. The minimum atomic E-state index is 0.162. The van der Waals surface area contributed by atoms with Crippen molar-refractivity contribution >= 4 is 5.91 Å². The molecule has 2 saturated heterocycles. The van der Waals surface area contributed by atoms with Gasteiger partial charge in [0, 0.05) is 45.1 Å². The normalized spacial score (nSPS) is 21.8. The molecule has 1 amide bonds. The van der Waals surface area contributed by atoms with Crippen LogP contribution in [-0.4, -0.2) is 58.6 Å². The lowest BCUT2D eigenvalue weighted by molar-refractivity contribution is -0.139. The van der Waals surface area contributed by atoms with Gasteiger partial charge in [-0.25, -0.2) is 0 Å². The van der Waals surface area contributed by atoms with Gasteiger partial charge in [-0.1, -0.05) is 6.07 Å². The Morgan fingerprint density at radius 3 is 2.78 bits per heavy atom. The molecule has 0 radical (unpaired) electrons. The van der Waals surface area contributed by atoms with E-state index in [0.29, 0.717) is 24.8 Å². The number of pyridine rings is 1. The maximum Gasteiger partial charge on any atom is 0.222 e. The summed E-state index contributed by atoms with van der Waals surface area (Å²) in [5.74, 6) is 0.266. The van der Waals surface area contributed by atoms with Crippen LogP contribution in [0.3, 0.4) is 0 Å². The predicted octanol–water partition coefficient (Wildman–Crippen LogP) is 1.67. The van der Waals surface area contributed by atoms with E-state index in [0.717, 1.165) is 45.4 Å². The lowest BCUT2D eigenvalue weighted by atomic mass is 9.72. The minimum Gasteiger partial charge on any atom is -0.396 e. The Labute approximate surface area is 138 Å². The maximum atomic E-state index is 12.1. The number of hydrogen-bond acceptors (Lipinski definition) is 4. The van der Waals surface area contributed by atoms with E-state index in [4.69, 9.17) is 5.11 Å². The molecule has 126 valence electrons. The molecule has 0 bridgehead atoms. The maximum absolute atomic E-state index is 12.1. The summed E-state index contributed by atoms with van der Waals surface area (Å²) in [7, 11) is 0. The van der Waals surface area contributed by atoms with E-state index in [9.17, 15) is 4.79 Å². The summed E-state index contributed by atoms with van der Waals surface area (Å²) >= 11 is 0. The van der Waals surface area contributed by atoms with Gasteiger partial charge in [0.15, 0.2) is 0 Å². The van der Waals surface area contributed by atoms with Crippen LogP contribution in [0.2, 0.25) is 0 Å². The summed E-state index contributed by atoms with van der Waals surface area (Å²) < 4.78 is 0. The van der Waals surface area contributed by atoms with Gasteiger partial charge < -0.3 is 10.0 Å². The molecule has 0 atom stereocenters. The Kier molecular flexibility index (Phi) is 5.28. The zero-order chi connectivity index (χ0) is 16.1. The van der Waals surface area contributed by atoms with E-state index in [2.05, 4.69) is 16.0 Å². The van der Waals surface area contributed by atoms with Crippen molar-refractivity contribution in [2.45, 2.75) is 38.6 Å². The summed E-state index contributed by atoms with van der Waals surface area (Å²) in [5.41, 5.74) is 1.57. The first kappa shape index (κ1) is 16.4. The minimum absolute atomic E-state index is 0.162. The largest absolute Gasteiger partial charge is 0.396 e. The zero-order valence-corrected chi connectivity index (χ0v) is 13.8. The van der Waals surface area contributed by atoms with Gasteiger partial charge in [-0.15, -0.1) is 0 Å². The molecule has 2 aliphatic heterocycles. The molecule has 3 heterocycles. The summed E-state index contributed by atoms with van der Waals surface area (Å²) in [5, 5.41) is 9.01. The topological polar surface area (TPSA) is 56.7 Å². The van der Waals surface area contributed by atoms with Gasteiger partial charge in [-0.2, -0.15) is 0 Å². The Bertz CT molecular complexity index is 512. The van der Waals surface area contributed by atoms with Gasteiger partial charge in [0.05, 0.1) is 0 Å². The summed E-state index contributed by atoms with van der Waals surface area (Å²) in [6.45, 7) is 4.91. The second kappa shape index (κ2) is 7.41. The van der Waals surface area contributed by atoms with Crippen molar-refractivity contribution in [2.75, 3.05) is 32.8 Å². The van der Waals surface area contributed by atoms with Crippen molar-refractivity contribution in [3.05, 3.63) is 30.1 Å². The van der Waals surface area contributed by atoms with E-state index in [1.807, 2.05) is 23.4 Å². The Morgan fingerprint density at radius 1 is 1.26 bits per heavy atom. The fraction of sp³-hybridized carbons (Fsp3) is 0.667. The van der Waals surface area contributed by atoms with E-state index >= 15 is 0 Å². The number of carbonyl (C=O) groups excluding carboxylic acids is 1. The molecule has 0 saturated carbocycles. The molecule has 1 spiro atoms. The molecule has 3 rings (SSSR count). The highest BCUT2D eigenvalue weighted by atomic mass is 16.3. The molecule has 0 aromatic carbocycles. The van der Waals surface area contributed by atoms with E-state index in [1.54, 1.807) is 0 Å². The number of hydrogen-bond donors (Lipinski definition) is 1. The van der Waals surface area contributed by atoms with Crippen molar-refractivity contribution in [3.8, 4) is 0 Å². The molecular formula is C18H27N3O2. The summed E-state index contributed by atoms with van der Waals surface area (Å²) in [6.07, 6.45) is 8.48. The zero-order valence-electron chi connectivity index (χ0n) is 13.8. The van der Waals surface area contributed by atoms with Crippen LogP contribution >= 0.6 is 0 Å². The summed E-state index contributed by atoms with van der Waals surface area (Å²) in [4.78, 5) is 20.7. The number of carbonyl (C=O) groups is 1. The number of aromatic nitrogens is 1. The van der Waals surface area contributed by atoms with Crippen LogP contribution in [0.25, 0.3) is 0 Å². The molecule has 2 aliphatic rings. The van der Waals surface area contributed by atoms with E-state index in [-0.39, 0.29) is 12.5 Å². The Balaban J connectivity index is 1.54. The van der Waals surface area contributed by atoms with Gasteiger partial charge in [-0.05, 0) is 55.8 Å². The third-order valence-corrected chi connectivity index (χ3v) is 5.38. The van der Waals surface area contributed by atoms with Crippen LogP contribution in [-0.2, 0) is 11.3 Å². The van der Waals surface area contributed by atoms with Crippen molar-refractivity contribution in [2.24, 2.45) is 5.41 Å². The Hall–Kier alpha value is -1.46. The van der Waals surface area contributed by atoms with Gasteiger partial charge in [-0.3, -0.25) is 14.7 Å². The van der Waals surface area contributed by atoms with Crippen molar-refractivity contribution < 1.29 is 9.90 Å². The van der Waals surface area contributed by atoms with Crippen molar-refractivity contribution in [3.63, 3.8) is 0 Å². The number of rotatable bonds is 5. The lowest BCUT2D eigenvalue weighted by Crippen LogP contribution is -2.51. The van der Waals surface area contributed by atoms with Crippen molar-refractivity contribution in [1.29, 1.82) is 0 Å². The summed E-state index contributed by atoms with van der Waals surface area (Å²) in [6, 6.07) is 4.12. The third kappa shape index (κ3) is 4.09. The lowest BCUT2D eigenvalue weighted by Gasteiger charge is -2.47. The number of amides is 1. The van der Waals surface area contributed by atoms with Gasteiger partial charge >= 0.3 is 0 Å². The van der Waals surface area contributed by atoms with Crippen LogP contribution in [0.4, 0.5) is 0 Å². The molecule has 23 heavy (non-hydrogen) atoms. The first-order valence-corrected chi connectivity index (χ1v) is 8.71. The highest BCUT2D eigenvalue weighted by Gasteiger charge is 2.40. The van der Waals surface area contributed by atoms with Crippen LogP contribution in [0.5, 0.6) is 0 Å². The number of likely N-dealkylation sites (tertiary alicyclic amines) is 2. The number of aliphatic hydroxyl groups excluding tert-OH is 1. The quantitative estimate of drug-likeness (QED) is 0.897. The second-order valence-electron chi connectivity index (χ2n) is 7.03. The van der Waals surface area contributed by atoms with Gasteiger partial charge in [0.25, 0.3) is 0 Å². The third-order valence-electron chi connectivity index (χ3n) is 5.38. The number of nitrogens with zero attached hydrogens (tertiary/aromatic N) is 3. The standard InChI is InChI=1S/C18H27N3O2/c22-12-2-9-21-15-18(5-4-17(21)23)6-10-20(11-7-18)14-16-3-1-8-19-13-16/h1,3,8,13,22H,2,4-7,9-12,14-15H2. The predicted molar refractivity (Wildman–Crippen MR) is 88.7 cm³/mol. The fourth-order valence-electron chi connectivity index (χ4n) is 3.91. The monoisotopic (exact) mass is 317 g/mol. The van der Waals surface area contributed by atoms with Crippen LogP contribution in [0, 0.1) is 5.41 Å². The number of aliphatic hydroxyl groups is 1. The highest BCUT2D eigenvalue weighted by Crippen LogP contribution is 2.40. The molecule has 0 aliphatic carbocycles. The Morgan fingerprint density at radius 2 is 2.09 bits per heavy atom. The molecule has 2 fully saturated rings. The van der Waals surface area contributed by atoms with Crippen LogP contribution in [0.15, 0.2) is 24.5 Å². The molecule has 0 unspecified atom stereocenters. The molecule has 5 heteroatoms. The van der Waals surface area contributed by atoms with Crippen LogP contribution < -0.4 is 0 Å². The average Bonchev–Trinajstić information content (AvgIpc) is 2.59. The van der Waals surface area contributed by atoms with Gasteiger partial charge in [0.1, 0.15) is 0 Å². The molecule has 1 N–H and O–H groups in total. The van der Waals surface area contributed by atoms with Crippen molar-refractivity contribution in [1.82, 2.24) is 14.8 Å². The molecular weight excluding hydrogens is 290 g/mol. The second-order valence-corrected chi connectivity index (χ2v) is 7.03. The molecule has 1 aromatic heterocycles. The average molecular weight is 317 g/mol. The number of piperidine rings is 2. The van der Waals surface area contributed by atoms with E-state index in [1.165, 1.54) is 5.56 Å². The van der Waals surface area contributed by atoms with E-state index < -0.39 is 0 Å². The molecule has 5 nitrogen and oxygen atoms in total. The first-order valence-electron chi connectivity index (χ1n) is 8.71. The smallest absolute Gasteiger partial charge is 0.222 e. The molecule has 1 aromatic rings. The van der Waals surface area contributed by atoms with Crippen LogP contribution in [0.1, 0.15) is 37.7 Å². The first-order chi connectivity index (χ1) is 11.2. The highest BCUT2D eigenvalue weighted by molar-refractivity contribution is 5.77.